The highest BCUT2D eigenvalue weighted by atomic mass is 19.1. The molecule has 1 amide bonds. The highest BCUT2D eigenvalue weighted by Crippen LogP contribution is 2.30. The predicted octanol–water partition coefficient (Wildman–Crippen LogP) is 6.39. The number of anilines is 1. The van der Waals surface area contributed by atoms with E-state index in [0.717, 1.165) is 59.7 Å². The van der Waals surface area contributed by atoms with Crippen LogP contribution in [0.4, 0.5) is 10.2 Å². The van der Waals surface area contributed by atoms with E-state index in [0.29, 0.717) is 49.7 Å². The summed E-state index contributed by atoms with van der Waals surface area (Å²) in [5, 5.41) is 5.69. The standard InChI is InChI=1S/C35H37FN6O2/c1-3-4-23-44-30-17-11-27(12-18-30)35(43)41-20-8-19-40(21-22-41)33-32-25(2)39-42(29-15-13-28(36)14-16-29)34(32)38-31(37-33)24-26-9-6-5-7-10-26/h5-7,9-18H,3-4,8,19-24H2,1-2H3. The highest BCUT2D eigenvalue weighted by molar-refractivity contribution is 5.94. The van der Waals surface area contributed by atoms with Crippen LogP contribution in [0.25, 0.3) is 16.7 Å². The van der Waals surface area contributed by atoms with E-state index in [4.69, 9.17) is 19.8 Å². The molecule has 1 aliphatic heterocycles. The number of halogens is 1. The molecule has 0 spiro atoms. The molecule has 1 aliphatic rings. The van der Waals surface area contributed by atoms with E-state index < -0.39 is 0 Å². The van der Waals surface area contributed by atoms with Gasteiger partial charge < -0.3 is 14.5 Å². The van der Waals surface area contributed by atoms with Crippen LogP contribution in [-0.4, -0.2) is 63.3 Å². The number of fused-ring (bicyclic) bond motifs is 1. The topological polar surface area (TPSA) is 76.4 Å². The third kappa shape index (κ3) is 6.41. The second kappa shape index (κ2) is 13.2. The van der Waals surface area contributed by atoms with Gasteiger partial charge in [0.05, 0.1) is 23.4 Å². The Morgan fingerprint density at radius 2 is 1.68 bits per heavy atom. The molecule has 2 aromatic heterocycles. The van der Waals surface area contributed by atoms with Crippen molar-refractivity contribution in [1.29, 1.82) is 0 Å². The molecule has 0 atom stereocenters. The zero-order valence-electron chi connectivity index (χ0n) is 25.2. The Morgan fingerprint density at radius 1 is 0.909 bits per heavy atom. The Morgan fingerprint density at radius 3 is 2.43 bits per heavy atom. The maximum absolute atomic E-state index is 13.7. The van der Waals surface area contributed by atoms with Gasteiger partial charge in [0.15, 0.2) is 5.65 Å². The number of benzene rings is 3. The van der Waals surface area contributed by atoms with E-state index >= 15 is 0 Å². The van der Waals surface area contributed by atoms with E-state index in [9.17, 15) is 9.18 Å². The minimum atomic E-state index is -0.304. The first-order valence-corrected chi connectivity index (χ1v) is 15.3. The number of carbonyl (C=O) groups excluding carboxylic acids is 1. The van der Waals surface area contributed by atoms with E-state index in [1.54, 1.807) is 16.8 Å². The van der Waals surface area contributed by atoms with Crippen molar-refractivity contribution in [2.45, 2.75) is 39.5 Å². The Labute approximate surface area is 257 Å². The zero-order valence-corrected chi connectivity index (χ0v) is 25.2. The Bertz CT molecular complexity index is 1720. The summed E-state index contributed by atoms with van der Waals surface area (Å²) in [6.07, 6.45) is 3.44. The SMILES string of the molecule is CCCCOc1ccc(C(=O)N2CCCN(c3nc(Cc4ccccc4)nc4c3c(C)nn4-c3ccc(F)cc3)CC2)cc1. The number of unbranched alkanes of at least 4 members (excludes halogenated alkanes) is 1. The summed E-state index contributed by atoms with van der Waals surface area (Å²) >= 11 is 0. The highest BCUT2D eigenvalue weighted by Gasteiger charge is 2.25. The van der Waals surface area contributed by atoms with Gasteiger partial charge in [0.1, 0.15) is 23.2 Å². The fourth-order valence-electron chi connectivity index (χ4n) is 5.60. The summed E-state index contributed by atoms with van der Waals surface area (Å²) < 4.78 is 21.3. The van der Waals surface area contributed by atoms with E-state index in [-0.39, 0.29) is 11.7 Å². The zero-order chi connectivity index (χ0) is 30.5. The number of carbonyl (C=O) groups is 1. The van der Waals surface area contributed by atoms with Crippen molar-refractivity contribution in [3.05, 3.63) is 107 Å². The molecule has 0 bridgehead atoms. The largest absolute Gasteiger partial charge is 0.494 e. The quantitative estimate of drug-likeness (QED) is 0.185. The van der Waals surface area contributed by atoms with Crippen LogP contribution in [0.2, 0.25) is 0 Å². The van der Waals surface area contributed by atoms with E-state index in [1.165, 1.54) is 12.1 Å². The first-order valence-electron chi connectivity index (χ1n) is 15.3. The van der Waals surface area contributed by atoms with Gasteiger partial charge in [0.25, 0.3) is 5.91 Å². The van der Waals surface area contributed by atoms with Gasteiger partial charge in [-0.05, 0) is 73.9 Å². The van der Waals surface area contributed by atoms with Crippen LogP contribution in [0.15, 0.2) is 78.9 Å². The summed E-state index contributed by atoms with van der Waals surface area (Å²) in [4.78, 5) is 27.7. The number of amides is 1. The molecule has 3 heterocycles. The number of hydrogen-bond donors (Lipinski definition) is 0. The van der Waals surface area contributed by atoms with E-state index in [2.05, 4.69) is 24.0 Å². The van der Waals surface area contributed by atoms with Crippen LogP contribution >= 0.6 is 0 Å². The van der Waals surface area contributed by atoms with Gasteiger partial charge in [-0.1, -0.05) is 43.7 Å². The Balaban J connectivity index is 1.28. The van der Waals surface area contributed by atoms with Crippen LogP contribution in [0.1, 0.15) is 53.6 Å². The van der Waals surface area contributed by atoms with Gasteiger partial charge in [0.2, 0.25) is 0 Å². The second-order valence-electron chi connectivity index (χ2n) is 11.2. The lowest BCUT2D eigenvalue weighted by Crippen LogP contribution is -2.35. The van der Waals surface area contributed by atoms with Crippen LogP contribution < -0.4 is 9.64 Å². The van der Waals surface area contributed by atoms with Crippen LogP contribution in [-0.2, 0) is 6.42 Å². The van der Waals surface area contributed by atoms with Crippen molar-refractivity contribution >= 4 is 22.8 Å². The summed E-state index contributed by atoms with van der Waals surface area (Å²) in [6.45, 7) is 7.36. The molecule has 0 radical (unpaired) electrons. The number of rotatable bonds is 9. The van der Waals surface area contributed by atoms with Gasteiger partial charge in [-0.3, -0.25) is 4.79 Å². The lowest BCUT2D eigenvalue weighted by molar-refractivity contribution is 0.0767. The minimum Gasteiger partial charge on any atom is -0.494 e. The van der Waals surface area contributed by atoms with E-state index in [1.807, 2.05) is 54.3 Å². The van der Waals surface area contributed by atoms with Crippen LogP contribution in [0.3, 0.4) is 0 Å². The lowest BCUT2D eigenvalue weighted by Gasteiger charge is -2.24. The summed E-state index contributed by atoms with van der Waals surface area (Å²) in [7, 11) is 0. The first-order chi connectivity index (χ1) is 21.5. The monoisotopic (exact) mass is 592 g/mol. The van der Waals surface area contributed by atoms with Gasteiger partial charge in [0, 0.05) is 38.2 Å². The number of aromatic nitrogens is 4. The molecular formula is C35H37FN6O2. The molecule has 5 aromatic rings. The third-order valence-electron chi connectivity index (χ3n) is 7.96. The molecule has 44 heavy (non-hydrogen) atoms. The van der Waals surface area contributed by atoms with Crippen molar-refractivity contribution < 1.29 is 13.9 Å². The van der Waals surface area contributed by atoms with Crippen LogP contribution in [0, 0.1) is 12.7 Å². The third-order valence-corrected chi connectivity index (χ3v) is 7.96. The molecule has 0 unspecified atom stereocenters. The number of aryl methyl sites for hydroxylation is 1. The van der Waals surface area contributed by atoms with Crippen molar-refractivity contribution in [3.63, 3.8) is 0 Å². The fourth-order valence-corrected chi connectivity index (χ4v) is 5.60. The summed E-state index contributed by atoms with van der Waals surface area (Å²) in [6, 6.07) is 23.9. The number of ether oxygens (including phenoxy) is 1. The lowest BCUT2D eigenvalue weighted by atomic mass is 10.1. The van der Waals surface area contributed by atoms with Crippen molar-refractivity contribution in [2.75, 3.05) is 37.7 Å². The van der Waals surface area contributed by atoms with Crippen molar-refractivity contribution in [2.24, 2.45) is 0 Å². The molecule has 0 aliphatic carbocycles. The first kappa shape index (κ1) is 29.3. The molecule has 1 fully saturated rings. The van der Waals surface area contributed by atoms with Gasteiger partial charge in [-0.2, -0.15) is 5.10 Å². The predicted molar refractivity (Wildman–Crippen MR) is 170 cm³/mol. The molecule has 1 saturated heterocycles. The normalized spacial score (nSPS) is 13.7. The molecular weight excluding hydrogens is 555 g/mol. The second-order valence-corrected chi connectivity index (χ2v) is 11.2. The number of nitrogens with zero attached hydrogens (tertiary/aromatic N) is 6. The van der Waals surface area contributed by atoms with Gasteiger partial charge in [-0.25, -0.2) is 19.0 Å². The molecule has 3 aromatic carbocycles. The number of hydrogen-bond acceptors (Lipinski definition) is 6. The van der Waals surface area contributed by atoms with Crippen molar-refractivity contribution in [1.82, 2.24) is 24.6 Å². The maximum atomic E-state index is 13.7. The summed E-state index contributed by atoms with van der Waals surface area (Å²) in [5.41, 5.74) is 3.98. The molecule has 6 rings (SSSR count). The minimum absolute atomic E-state index is 0.0184. The molecule has 9 heteroatoms. The summed E-state index contributed by atoms with van der Waals surface area (Å²) in [5.74, 6) is 1.99. The average molecular weight is 593 g/mol. The van der Waals surface area contributed by atoms with Gasteiger partial charge in [-0.15, -0.1) is 0 Å². The maximum Gasteiger partial charge on any atom is 0.253 e. The van der Waals surface area contributed by atoms with Crippen LogP contribution in [0.5, 0.6) is 5.75 Å². The molecule has 8 nitrogen and oxygen atoms in total. The van der Waals surface area contributed by atoms with Gasteiger partial charge >= 0.3 is 0 Å². The fraction of sp³-hybridized carbons (Fsp3) is 0.314. The molecule has 0 saturated carbocycles. The average Bonchev–Trinajstić information content (AvgIpc) is 3.20. The molecule has 226 valence electrons. The Kier molecular flexibility index (Phi) is 8.81. The molecule has 0 N–H and O–H groups in total. The Hall–Kier alpha value is -4.79. The smallest absolute Gasteiger partial charge is 0.253 e. The van der Waals surface area contributed by atoms with Crippen molar-refractivity contribution in [3.8, 4) is 11.4 Å².